The predicted octanol–water partition coefficient (Wildman–Crippen LogP) is 2.54. The highest BCUT2D eigenvalue weighted by atomic mass is 35.5. The minimum absolute atomic E-state index is 0. The summed E-state index contributed by atoms with van der Waals surface area (Å²) in [6, 6.07) is 8.23. The molecule has 0 bridgehead atoms. The zero-order valence-corrected chi connectivity index (χ0v) is 19.8. The Labute approximate surface area is 193 Å². The van der Waals surface area contributed by atoms with Gasteiger partial charge in [-0.05, 0) is 45.6 Å². The van der Waals surface area contributed by atoms with Gasteiger partial charge in [0.25, 0.3) is 0 Å². The van der Waals surface area contributed by atoms with Crippen molar-refractivity contribution in [2.45, 2.75) is 12.8 Å². The van der Waals surface area contributed by atoms with Gasteiger partial charge in [0.1, 0.15) is 12.4 Å². The number of nitrogens with zero attached hydrogens (tertiary/aromatic N) is 3. The second-order valence-corrected chi connectivity index (χ2v) is 7.48. The van der Waals surface area contributed by atoms with Crippen LogP contribution in [0.15, 0.2) is 24.3 Å². The monoisotopic (exact) mass is 468 g/mol. The Bertz CT molecular complexity index is 593. The summed E-state index contributed by atoms with van der Waals surface area (Å²) >= 11 is 0. The van der Waals surface area contributed by atoms with Crippen molar-refractivity contribution in [1.82, 2.24) is 15.1 Å². The molecule has 1 unspecified atom stereocenters. The summed E-state index contributed by atoms with van der Waals surface area (Å²) in [6.45, 7) is 6.76. The summed E-state index contributed by atoms with van der Waals surface area (Å²) in [5, 5.41) is 3.35. The Kier molecular flexibility index (Phi) is 13.7. The first kappa shape index (κ1) is 28.1. The van der Waals surface area contributed by atoms with E-state index in [2.05, 4.69) is 27.2 Å². The lowest BCUT2D eigenvalue weighted by molar-refractivity contribution is -0.136. The molecule has 0 radical (unpaired) electrons. The molecule has 2 fully saturated rings. The van der Waals surface area contributed by atoms with E-state index in [9.17, 15) is 4.79 Å². The number of halogens is 3. The van der Waals surface area contributed by atoms with Crippen LogP contribution >= 0.6 is 37.2 Å². The predicted molar refractivity (Wildman–Crippen MR) is 127 cm³/mol. The number of amides is 1. The van der Waals surface area contributed by atoms with Gasteiger partial charge < -0.3 is 24.8 Å². The van der Waals surface area contributed by atoms with Gasteiger partial charge in [-0.1, -0.05) is 12.1 Å². The Morgan fingerprint density at radius 2 is 1.83 bits per heavy atom. The highest BCUT2D eigenvalue weighted by Gasteiger charge is 2.29. The van der Waals surface area contributed by atoms with Crippen molar-refractivity contribution in [1.29, 1.82) is 0 Å². The van der Waals surface area contributed by atoms with Gasteiger partial charge in [-0.3, -0.25) is 4.79 Å². The third-order valence-electron chi connectivity index (χ3n) is 5.24. The summed E-state index contributed by atoms with van der Waals surface area (Å²) in [5.41, 5.74) is 1.14. The zero-order chi connectivity index (χ0) is 18.4. The molecule has 2 aliphatic rings. The molecule has 2 saturated heterocycles. The van der Waals surface area contributed by atoms with Gasteiger partial charge in [0.2, 0.25) is 5.91 Å². The van der Waals surface area contributed by atoms with Crippen molar-refractivity contribution < 1.29 is 9.53 Å². The van der Waals surface area contributed by atoms with Gasteiger partial charge in [0.05, 0.1) is 11.6 Å². The van der Waals surface area contributed by atoms with E-state index in [0.717, 1.165) is 70.1 Å². The van der Waals surface area contributed by atoms with E-state index in [1.54, 1.807) is 0 Å². The van der Waals surface area contributed by atoms with E-state index < -0.39 is 0 Å². The Morgan fingerprint density at radius 3 is 2.45 bits per heavy atom. The van der Waals surface area contributed by atoms with Crippen LogP contribution in [0.25, 0.3) is 0 Å². The third kappa shape index (κ3) is 8.02. The molecule has 1 atom stereocenters. The normalized spacial score (nSPS) is 18.9. The Balaban J connectivity index is 0.00000261. The minimum Gasteiger partial charge on any atom is -0.490 e. The number of likely N-dealkylation sites (N-methyl/N-ethyl adjacent to an activating group) is 1. The number of hydrogen-bond acceptors (Lipinski definition) is 5. The van der Waals surface area contributed by atoms with Crippen LogP contribution in [-0.4, -0.2) is 82.2 Å². The molecular formula is C20H35Cl3N4O2. The van der Waals surface area contributed by atoms with Crippen LogP contribution in [0.3, 0.4) is 0 Å². The van der Waals surface area contributed by atoms with Gasteiger partial charge in [0.15, 0.2) is 0 Å². The highest BCUT2D eigenvalue weighted by Crippen LogP contribution is 2.29. The summed E-state index contributed by atoms with van der Waals surface area (Å²) in [6.07, 6.45) is 2.13. The molecule has 168 valence electrons. The number of piperidine rings is 1. The molecule has 9 heteroatoms. The molecule has 2 aliphatic heterocycles. The van der Waals surface area contributed by atoms with Crippen molar-refractivity contribution in [2.75, 3.05) is 71.4 Å². The lowest BCUT2D eigenvalue weighted by Crippen LogP contribution is -2.52. The number of benzene rings is 1. The van der Waals surface area contributed by atoms with Crippen LogP contribution < -0.4 is 15.0 Å². The van der Waals surface area contributed by atoms with Gasteiger partial charge >= 0.3 is 0 Å². The SMILES string of the molecule is CN(C)CCOc1ccccc1N1CCN(C(=O)C2CCCNC2)CC1.Cl.Cl.Cl. The van der Waals surface area contributed by atoms with Gasteiger partial charge in [-0.2, -0.15) is 0 Å². The number of piperazine rings is 1. The third-order valence-corrected chi connectivity index (χ3v) is 5.24. The van der Waals surface area contributed by atoms with Crippen LogP contribution in [0.1, 0.15) is 12.8 Å². The second kappa shape index (κ2) is 14.1. The lowest BCUT2D eigenvalue weighted by Gasteiger charge is -2.38. The lowest BCUT2D eigenvalue weighted by atomic mass is 9.98. The first-order valence-electron chi connectivity index (χ1n) is 9.76. The van der Waals surface area contributed by atoms with Crippen molar-refractivity contribution in [3.05, 3.63) is 24.3 Å². The molecule has 0 aliphatic carbocycles. The van der Waals surface area contributed by atoms with Crippen molar-refractivity contribution >= 4 is 48.8 Å². The molecule has 1 aromatic carbocycles. The number of carbonyl (C=O) groups excluding carboxylic acids is 1. The average molecular weight is 470 g/mol. The quantitative estimate of drug-likeness (QED) is 0.694. The number of carbonyl (C=O) groups is 1. The number of para-hydroxylation sites is 2. The molecule has 1 aromatic rings. The van der Waals surface area contributed by atoms with E-state index >= 15 is 0 Å². The molecule has 1 N–H and O–H groups in total. The topological polar surface area (TPSA) is 48.1 Å². The maximum Gasteiger partial charge on any atom is 0.227 e. The molecular weight excluding hydrogens is 435 g/mol. The fourth-order valence-corrected chi connectivity index (χ4v) is 3.67. The summed E-state index contributed by atoms with van der Waals surface area (Å²) in [4.78, 5) is 19.2. The number of rotatable bonds is 6. The smallest absolute Gasteiger partial charge is 0.227 e. The van der Waals surface area contributed by atoms with Gasteiger partial charge in [-0.15, -0.1) is 37.2 Å². The largest absolute Gasteiger partial charge is 0.490 e. The van der Waals surface area contributed by atoms with E-state index in [-0.39, 0.29) is 43.1 Å². The molecule has 29 heavy (non-hydrogen) atoms. The van der Waals surface area contributed by atoms with Gasteiger partial charge in [-0.25, -0.2) is 0 Å². The average Bonchev–Trinajstić information content (AvgIpc) is 2.68. The maximum atomic E-state index is 12.7. The van der Waals surface area contributed by atoms with Crippen LogP contribution in [0.5, 0.6) is 5.75 Å². The van der Waals surface area contributed by atoms with Crippen LogP contribution in [0.4, 0.5) is 5.69 Å². The highest BCUT2D eigenvalue weighted by molar-refractivity contribution is 5.86. The second-order valence-electron chi connectivity index (χ2n) is 7.48. The van der Waals surface area contributed by atoms with Crippen LogP contribution in [0.2, 0.25) is 0 Å². The summed E-state index contributed by atoms with van der Waals surface area (Å²) in [5.74, 6) is 1.43. The molecule has 2 heterocycles. The number of anilines is 1. The molecule has 1 amide bonds. The van der Waals surface area contributed by atoms with Crippen molar-refractivity contribution in [2.24, 2.45) is 5.92 Å². The fourth-order valence-electron chi connectivity index (χ4n) is 3.67. The summed E-state index contributed by atoms with van der Waals surface area (Å²) < 4.78 is 6.00. The summed E-state index contributed by atoms with van der Waals surface area (Å²) in [7, 11) is 4.10. The van der Waals surface area contributed by atoms with Crippen LogP contribution in [-0.2, 0) is 4.79 Å². The Morgan fingerprint density at radius 1 is 1.14 bits per heavy atom. The zero-order valence-electron chi connectivity index (χ0n) is 17.3. The standard InChI is InChI=1S/C20H32N4O2.3ClH/c1-22(2)14-15-26-19-8-4-3-7-18(19)23-10-12-24(13-11-23)20(25)17-6-5-9-21-16-17;;;/h3-4,7-8,17,21H,5-6,9-16H2,1-2H3;3*1H. The number of nitrogens with one attached hydrogen (secondary N) is 1. The van der Waals surface area contributed by atoms with Gasteiger partial charge in [0, 0.05) is 39.3 Å². The molecule has 0 aromatic heterocycles. The first-order valence-corrected chi connectivity index (χ1v) is 9.76. The van der Waals surface area contributed by atoms with E-state index in [1.165, 1.54) is 0 Å². The van der Waals surface area contributed by atoms with Crippen LogP contribution in [0, 0.1) is 5.92 Å². The van der Waals surface area contributed by atoms with E-state index in [4.69, 9.17) is 4.74 Å². The first-order chi connectivity index (χ1) is 12.6. The molecule has 0 saturated carbocycles. The van der Waals surface area contributed by atoms with Crippen molar-refractivity contribution in [3.63, 3.8) is 0 Å². The van der Waals surface area contributed by atoms with E-state index in [0.29, 0.717) is 12.5 Å². The maximum absolute atomic E-state index is 12.7. The fraction of sp³-hybridized carbons (Fsp3) is 0.650. The Hall–Kier alpha value is -0.920. The number of hydrogen-bond donors (Lipinski definition) is 1. The molecule has 6 nitrogen and oxygen atoms in total. The number of ether oxygens (including phenoxy) is 1. The minimum atomic E-state index is 0. The molecule has 3 rings (SSSR count). The van der Waals surface area contributed by atoms with E-state index in [1.807, 2.05) is 31.1 Å². The molecule has 0 spiro atoms. The van der Waals surface area contributed by atoms with Crippen molar-refractivity contribution in [3.8, 4) is 5.75 Å².